The Morgan fingerprint density at radius 1 is 0.867 bits per heavy atom. The molecule has 0 radical (unpaired) electrons. The number of amides is 1. The number of nitrogens with one attached hydrogen (secondary N) is 2. The zero-order valence-corrected chi connectivity index (χ0v) is 17.5. The molecule has 0 aliphatic rings. The summed E-state index contributed by atoms with van der Waals surface area (Å²) < 4.78 is 31.1. The Bertz CT molecular complexity index is 1100. The van der Waals surface area contributed by atoms with E-state index in [2.05, 4.69) is 10.6 Å². The Hall–Kier alpha value is -3.36. The van der Waals surface area contributed by atoms with Gasteiger partial charge in [-0.15, -0.1) is 0 Å². The number of sulfonamides is 1. The average molecular weight is 426 g/mol. The van der Waals surface area contributed by atoms with E-state index in [9.17, 15) is 13.2 Å². The van der Waals surface area contributed by atoms with Gasteiger partial charge in [0.05, 0.1) is 11.4 Å². The summed E-state index contributed by atoms with van der Waals surface area (Å²) in [5.41, 5.74) is 1.26. The Balaban J connectivity index is 1.55. The zero-order chi connectivity index (χ0) is 21.6. The van der Waals surface area contributed by atoms with E-state index in [0.717, 1.165) is 4.31 Å². The monoisotopic (exact) mass is 425 g/mol. The van der Waals surface area contributed by atoms with Gasteiger partial charge in [-0.25, -0.2) is 12.7 Å². The summed E-state index contributed by atoms with van der Waals surface area (Å²) in [6.45, 7) is 0.0313. The van der Waals surface area contributed by atoms with Crippen LogP contribution in [0.2, 0.25) is 0 Å². The molecule has 1 amide bonds. The summed E-state index contributed by atoms with van der Waals surface area (Å²) in [5.74, 6) is 1.09. The van der Waals surface area contributed by atoms with E-state index in [4.69, 9.17) is 4.74 Å². The van der Waals surface area contributed by atoms with E-state index < -0.39 is 10.0 Å². The molecular formula is C22H23N3O4S. The van der Waals surface area contributed by atoms with Crippen molar-refractivity contribution in [1.29, 1.82) is 0 Å². The largest absolute Gasteiger partial charge is 0.457 e. The molecule has 3 aromatic rings. The van der Waals surface area contributed by atoms with Crippen molar-refractivity contribution in [3.8, 4) is 11.5 Å². The van der Waals surface area contributed by atoms with Crippen LogP contribution in [-0.2, 0) is 14.8 Å². The maximum absolute atomic E-state index is 12.3. The second-order valence-electron chi connectivity index (χ2n) is 6.66. The molecule has 3 aromatic carbocycles. The van der Waals surface area contributed by atoms with Crippen LogP contribution in [0.5, 0.6) is 11.5 Å². The number of carbonyl (C=O) groups is 1. The third-order valence-electron chi connectivity index (χ3n) is 4.18. The lowest BCUT2D eigenvalue weighted by atomic mass is 10.3. The van der Waals surface area contributed by atoms with Gasteiger partial charge in [0.1, 0.15) is 11.5 Å². The molecule has 0 aliphatic heterocycles. The highest BCUT2D eigenvalue weighted by atomic mass is 32.2. The molecule has 0 atom stereocenters. The molecule has 7 nitrogen and oxygen atoms in total. The van der Waals surface area contributed by atoms with E-state index in [0.29, 0.717) is 22.9 Å². The molecule has 8 heteroatoms. The summed E-state index contributed by atoms with van der Waals surface area (Å²) >= 11 is 0. The molecule has 0 fully saturated rings. The molecule has 30 heavy (non-hydrogen) atoms. The molecule has 0 unspecified atom stereocenters. The molecule has 0 heterocycles. The predicted molar refractivity (Wildman–Crippen MR) is 117 cm³/mol. The Morgan fingerprint density at radius 2 is 1.53 bits per heavy atom. The molecule has 0 aliphatic carbocycles. The van der Waals surface area contributed by atoms with Gasteiger partial charge in [0.2, 0.25) is 15.9 Å². The topological polar surface area (TPSA) is 87.7 Å². The van der Waals surface area contributed by atoms with Gasteiger partial charge in [-0.2, -0.15) is 0 Å². The van der Waals surface area contributed by atoms with Crippen molar-refractivity contribution in [2.75, 3.05) is 31.3 Å². The average Bonchev–Trinajstić information content (AvgIpc) is 2.73. The van der Waals surface area contributed by atoms with Crippen molar-refractivity contribution in [3.05, 3.63) is 78.9 Å². The molecule has 0 spiro atoms. The van der Waals surface area contributed by atoms with Gasteiger partial charge in [0.15, 0.2) is 0 Å². The minimum absolute atomic E-state index is 0.0313. The van der Waals surface area contributed by atoms with Crippen LogP contribution < -0.4 is 15.4 Å². The Kier molecular flexibility index (Phi) is 6.71. The summed E-state index contributed by atoms with van der Waals surface area (Å²) in [5, 5.41) is 5.78. The summed E-state index contributed by atoms with van der Waals surface area (Å²) in [6.07, 6.45) is 0. The van der Waals surface area contributed by atoms with Gasteiger partial charge in [-0.3, -0.25) is 4.79 Å². The van der Waals surface area contributed by atoms with Crippen molar-refractivity contribution in [2.45, 2.75) is 4.90 Å². The maximum Gasteiger partial charge on any atom is 0.243 e. The lowest BCUT2D eigenvalue weighted by Crippen LogP contribution is -2.23. The zero-order valence-electron chi connectivity index (χ0n) is 16.7. The fraction of sp³-hybridized carbons (Fsp3) is 0.136. The van der Waals surface area contributed by atoms with Crippen molar-refractivity contribution in [1.82, 2.24) is 4.31 Å². The number of anilines is 2. The van der Waals surface area contributed by atoms with Crippen LogP contribution in [0.3, 0.4) is 0 Å². The van der Waals surface area contributed by atoms with E-state index in [1.165, 1.54) is 26.2 Å². The van der Waals surface area contributed by atoms with Crippen LogP contribution in [0.25, 0.3) is 0 Å². The van der Waals surface area contributed by atoms with Crippen molar-refractivity contribution in [2.24, 2.45) is 0 Å². The molecular weight excluding hydrogens is 402 g/mol. The number of hydrogen-bond acceptors (Lipinski definition) is 5. The predicted octanol–water partition coefficient (Wildman–Crippen LogP) is 3.78. The molecule has 3 rings (SSSR count). The molecule has 0 saturated carbocycles. The minimum atomic E-state index is -3.48. The first-order chi connectivity index (χ1) is 14.3. The fourth-order valence-corrected chi connectivity index (χ4v) is 3.51. The third kappa shape index (κ3) is 5.59. The van der Waals surface area contributed by atoms with Crippen LogP contribution in [0, 0.1) is 0 Å². The summed E-state index contributed by atoms with van der Waals surface area (Å²) in [4.78, 5) is 12.4. The number of nitrogens with zero attached hydrogens (tertiary/aromatic N) is 1. The normalized spacial score (nSPS) is 11.2. The summed E-state index contributed by atoms with van der Waals surface area (Å²) in [7, 11) is -0.522. The number of carbonyl (C=O) groups excluding carboxylic acids is 1. The van der Waals surface area contributed by atoms with E-state index in [-0.39, 0.29) is 17.3 Å². The first-order valence-corrected chi connectivity index (χ1v) is 10.7. The van der Waals surface area contributed by atoms with E-state index >= 15 is 0 Å². The second-order valence-corrected chi connectivity index (χ2v) is 8.81. The van der Waals surface area contributed by atoms with Gasteiger partial charge >= 0.3 is 0 Å². The lowest BCUT2D eigenvalue weighted by molar-refractivity contribution is -0.114. The van der Waals surface area contributed by atoms with Gasteiger partial charge < -0.3 is 15.4 Å². The quantitative estimate of drug-likeness (QED) is 0.574. The molecule has 0 saturated heterocycles. The van der Waals surface area contributed by atoms with E-state index in [1.54, 1.807) is 30.3 Å². The van der Waals surface area contributed by atoms with Crippen molar-refractivity contribution in [3.63, 3.8) is 0 Å². The number of para-hydroxylation sites is 1. The lowest BCUT2D eigenvalue weighted by Gasteiger charge is -2.12. The summed E-state index contributed by atoms with van der Waals surface area (Å²) in [6, 6.07) is 22.7. The second kappa shape index (κ2) is 9.43. The van der Waals surface area contributed by atoms with Gasteiger partial charge in [0, 0.05) is 31.5 Å². The van der Waals surface area contributed by atoms with Crippen LogP contribution >= 0.6 is 0 Å². The Morgan fingerprint density at radius 3 is 2.20 bits per heavy atom. The highest BCUT2D eigenvalue weighted by Gasteiger charge is 2.16. The number of benzene rings is 3. The standard InChI is InChI=1S/C22H23N3O4S/c1-25(2)30(27,28)21-13-11-17(12-14-21)23-16-22(26)24-18-7-6-10-20(15-18)29-19-8-4-3-5-9-19/h3-15,23H,16H2,1-2H3,(H,24,26). The van der Waals surface area contributed by atoms with Crippen LogP contribution in [0.4, 0.5) is 11.4 Å². The smallest absolute Gasteiger partial charge is 0.243 e. The van der Waals surface area contributed by atoms with Gasteiger partial charge in [-0.05, 0) is 48.5 Å². The Labute approximate surface area is 176 Å². The van der Waals surface area contributed by atoms with Gasteiger partial charge in [0.25, 0.3) is 0 Å². The van der Waals surface area contributed by atoms with Crippen LogP contribution in [-0.4, -0.2) is 39.3 Å². The van der Waals surface area contributed by atoms with Crippen LogP contribution in [0.15, 0.2) is 83.8 Å². The molecule has 0 aromatic heterocycles. The first-order valence-electron chi connectivity index (χ1n) is 9.24. The molecule has 156 valence electrons. The van der Waals surface area contributed by atoms with Gasteiger partial charge in [-0.1, -0.05) is 24.3 Å². The minimum Gasteiger partial charge on any atom is -0.457 e. The fourth-order valence-electron chi connectivity index (χ4n) is 2.61. The van der Waals surface area contributed by atoms with Crippen molar-refractivity contribution >= 4 is 27.3 Å². The maximum atomic E-state index is 12.3. The first kappa shape index (κ1) is 21.4. The van der Waals surface area contributed by atoms with E-state index in [1.807, 2.05) is 36.4 Å². The number of hydrogen-bond donors (Lipinski definition) is 2. The van der Waals surface area contributed by atoms with Crippen molar-refractivity contribution < 1.29 is 17.9 Å². The highest BCUT2D eigenvalue weighted by Crippen LogP contribution is 2.24. The SMILES string of the molecule is CN(C)S(=O)(=O)c1ccc(NCC(=O)Nc2cccc(Oc3ccccc3)c2)cc1. The number of ether oxygens (including phenoxy) is 1. The highest BCUT2D eigenvalue weighted by molar-refractivity contribution is 7.89. The number of rotatable bonds is 8. The molecule has 2 N–H and O–H groups in total. The third-order valence-corrected chi connectivity index (χ3v) is 6.01. The van der Waals surface area contributed by atoms with Crippen LogP contribution in [0.1, 0.15) is 0 Å². The molecule has 0 bridgehead atoms.